The molecule has 0 spiro atoms. The highest BCUT2D eigenvalue weighted by Gasteiger charge is 2.14. The minimum Gasteiger partial charge on any atom is -0.359 e. The molecular formula is C13H16N4O2. The number of carbonyl (C=O) groups excluding carboxylic acids is 2. The van der Waals surface area contributed by atoms with Gasteiger partial charge in [-0.05, 0) is 18.6 Å². The number of benzene rings is 1. The lowest BCUT2D eigenvalue weighted by Crippen LogP contribution is -2.29. The Morgan fingerprint density at radius 2 is 2.16 bits per heavy atom. The third-order valence-corrected chi connectivity index (χ3v) is 2.86. The average molecular weight is 260 g/mol. The molecular weight excluding hydrogens is 244 g/mol. The van der Waals surface area contributed by atoms with E-state index in [1.165, 1.54) is 0 Å². The second-order valence-corrected chi connectivity index (χ2v) is 4.16. The molecule has 0 fully saturated rings. The quantitative estimate of drug-likeness (QED) is 0.584. The molecule has 0 aliphatic carbocycles. The van der Waals surface area contributed by atoms with Gasteiger partial charge in [0, 0.05) is 20.1 Å². The van der Waals surface area contributed by atoms with Gasteiger partial charge in [0.2, 0.25) is 6.41 Å². The molecule has 2 rings (SSSR count). The van der Waals surface area contributed by atoms with Gasteiger partial charge in [0.05, 0.1) is 11.0 Å². The van der Waals surface area contributed by atoms with Crippen molar-refractivity contribution in [2.24, 2.45) is 7.05 Å². The highest BCUT2D eigenvalue weighted by atomic mass is 16.2. The Balaban J connectivity index is 2.01. The summed E-state index contributed by atoms with van der Waals surface area (Å²) in [6.45, 7) is 1.05. The molecule has 0 aliphatic rings. The second kappa shape index (κ2) is 5.99. The number of hydrogen-bond donors (Lipinski definition) is 2. The highest BCUT2D eigenvalue weighted by molar-refractivity contribution is 5.94. The van der Waals surface area contributed by atoms with Gasteiger partial charge < -0.3 is 15.2 Å². The van der Waals surface area contributed by atoms with Gasteiger partial charge in [-0.2, -0.15) is 0 Å². The third-order valence-electron chi connectivity index (χ3n) is 2.86. The van der Waals surface area contributed by atoms with E-state index in [0.717, 1.165) is 11.0 Å². The van der Waals surface area contributed by atoms with E-state index in [1.54, 1.807) is 4.57 Å². The van der Waals surface area contributed by atoms with Crippen LogP contribution in [0.1, 0.15) is 17.0 Å². The van der Waals surface area contributed by atoms with E-state index in [2.05, 4.69) is 15.6 Å². The number of hydrogen-bond acceptors (Lipinski definition) is 3. The zero-order valence-electron chi connectivity index (χ0n) is 10.7. The first-order valence-electron chi connectivity index (χ1n) is 6.10. The van der Waals surface area contributed by atoms with Crippen molar-refractivity contribution in [3.05, 3.63) is 30.1 Å². The van der Waals surface area contributed by atoms with Gasteiger partial charge in [-0.25, -0.2) is 4.98 Å². The lowest BCUT2D eigenvalue weighted by atomic mass is 10.3. The fourth-order valence-corrected chi connectivity index (χ4v) is 1.88. The van der Waals surface area contributed by atoms with E-state index in [-0.39, 0.29) is 5.91 Å². The Kier molecular flexibility index (Phi) is 4.12. The van der Waals surface area contributed by atoms with E-state index in [4.69, 9.17) is 0 Å². The van der Waals surface area contributed by atoms with Crippen LogP contribution in [-0.4, -0.2) is 35.0 Å². The molecule has 1 aromatic carbocycles. The molecule has 1 heterocycles. The van der Waals surface area contributed by atoms with Crippen molar-refractivity contribution in [3.63, 3.8) is 0 Å². The van der Waals surface area contributed by atoms with Crippen molar-refractivity contribution in [1.29, 1.82) is 0 Å². The summed E-state index contributed by atoms with van der Waals surface area (Å²) >= 11 is 0. The largest absolute Gasteiger partial charge is 0.359 e. The molecule has 19 heavy (non-hydrogen) atoms. The predicted molar refractivity (Wildman–Crippen MR) is 71.7 cm³/mol. The van der Waals surface area contributed by atoms with Crippen LogP contribution in [0.25, 0.3) is 11.0 Å². The number of amides is 2. The molecule has 0 unspecified atom stereocenters. The van der Waals surface area contributed by atoms with E-state index >= 15 is 0 Å². The monoisotopic (exact) mass is 260 g/mol. The van der Waals surface area contributed by atoms with Crippen molar-refractivity contribution in [2.45, 2.75) is 6.42 Å². The topological polar surface area (TPSA) is 76.0 Å². The number of nitrogens with zero attached hydrogens (tertiary/aromatic N) is 2. The number of rotatable bonds is 6. The summed E-state index contributed by atoms with van der Waals surface area (Å²) in [5.74, 6) is 0.189. The van der Waals surface area contributed by atoms with Crippen LogP contribution in [-0.2, 0) is 11.8 Å². The summed E-state index contributed by atoms with van der Waals surface area (Å²) in [4.78, 5) is 26.3. The molecule has 0 radical (unpaired) electrons. The lowest BCUT2D eigenvalue weighted by molar-refractivity contribution is -0.109. The second-order valence-electron chi connectivity index (χ2n) is 4.16. The maximum Gasteiger partial charge on any atom is 0.287 e. The normalized spacial score (nSPS) is 10.4. The molecule has 6 nitrogen and oxygen atoms in total. The minimum atomic E-state index is -0.204. The Bertz CT molecular complexity index is 591. The number of aryl methyl sites for hydroxylation is 1. The molecule has 0 atom stereocenters. The number of nitrogens with one attached hydrogen (secondary N) is 2. The molecule has 2 amide bonds. The number of imidazole rings is 1. The summed E-state index contributed by atoms with van der Waals surface area (Å²) in [6, 6.07) is 7.60. The number of fused-ring (bicyclic) bond motifs is 1. The summed E-state index contributed by atoms with van der Waals surface area (Å²) in [5, 5.41) is 5.32. The van der Waals surface area contributed by atoms with Crippen molar-refractivity contribution < 1.29 is 9.59 Å². The van der Waals surface area contributed by atoms with Gasteiger partial charge >= 0.3 is 0 Å². The summed E-state index contributed by atoms with van der Waals surface area (Å²) in [6.07, 6.45) is 1.34. The molecule has 0 bridgehead atoms. The zero-order chi connectivity index (χ0) is 13.7. The third kappa shape index (κ3) is 2.90. The van der Waals surface area contributed by atoms with Gasteiger partial charge in [0.15, 0.2) is 5.82 Å². The first-order chi connectivity index (χ1) is 9.24. The van der Waals surface area contributed by atoms with Crippen molar-refractivity contribution in [1.82, 2.24) is 20.2 Å². The van der Waals surface area contributed by atoms with Crippen LogP contribution in [0.4, 0.5) is 0 Å². The van der Waals surface area contributed by atoms with E-state index in [9.17, 15) is 9.59 Å². The van der Waals surface area contributed by atoms with E-state index < -0.39 is 0 Å². The van der Waals surface area contributed by atoms with Crippen LogP contribution in [0, 0.1) is 0 Å². The fraction of sp³-hybridized carbons (Fsp3) is 0.308. The van der Waals surface area contributed by atoms with Gasteiger partial charge in [-0.3, -0.25) is 9.59 Å². The van der Waals surface area contributed by atoms with Gasteiger partial charge in [0.25, 0.3) is 5.91 Å². The first kappa shape index (κ1) is 13.1. The van der Waals surface area contributed by atoms with Gasteiger partial charge in [-0.1, -0.05) is 12.1 Å². The molecule has 100 valence electrons. The van der Waals surface area contributed by atoms with Gasteiger partial charge in [-0.15, -0.1) is 0 Å². The van der Waals surface area contributed by atoms with Crippen molar-refractivity contribution >= 4 is 23.4 Å². The summed E-state index contributed by atoms with van der Waals surface area (Å²) in [7, 11) is 1.82. The van der Waals surface area contributed by atoms with Crippen molar-refractivity contribution in [3.8, 4) is 0 Å². The van der Waals surface area contributed by atoms with Crippen LogP contribution in [0.15, 0.2) is 24.3 Å². The van der Waals surface area contributed by atoms with E-state index in [1.807, 2.05) is 31.3 Å². The maximum absolute atomic E-state index is 12.0. The molecule has 1 aromatic heterocycles. The maximum atomic E-state index is 12.0. The molecule has 2 aromatic rings. The molecule has 2 N–H and O–H groups in total. The minimum absolute atomic E-state index is 0.204. The summed E-state index contributed by atoms with van der Waals surface area (Å²) < 4.78 is 1.77. The summed E-state index contributed by atoms with van der Waals surface area (Å²) in [5.41, 5.74) is 1.73. The Hall–Kier alpha value is -2.37. The zero-order valence-corrected chi connectivity index (χ0v) is 10.7. The average Bonchev–Trinajstić information content (AvgIpc) is 2.76. The fourth-order valence-electron chi connectivity index (χ4n) is 1.88. The van der Waals surface area contributed by atoms with Crippen LogP contribution < -0.4 is 10.6 Å². The van der Waals surface area contributed by atoms with Crippen LogP contribution >= 0.6 is 0 Å². The predicted octanol–water partition coefficient (Wildman–Crippen LogP) is 0.439. The number of carbonyl (C=O) groups is 2. The van der Waals surface area contributed by atoms with E-state index in [0.29, 0.717) is 31.7 Å². The molecule has 0 saturated heterocycles. The Labute approximate surface area is 110 Å². The van der Waals surface area contributed by atoms with Crippen LogP contribution in [0.3, 0.4) is 0 Å². The lowest BCUT2D eigenvalue weighted by Gasteiger charge is -2.04. The SMILES string of the molecule is Cn1c(C(=O)NCCCNC=O)nc2ccccc21. The van der Waals surface area contributed by atoms with Crippen LogP contribution in [0.2, 0.25) is 0 Å². The van der Waals surface area contributed by atoms with Crippen LogP contribution in [0.5, 0.6) is 0 Å². The Morgan fingerprint density at radius 1 is 1.37 bits per heavy atom. The Morgan fingerprint density at radius 3 is 2.89 bits per heavy atom. The smallest absolute Gasteiger partial charge is 0.287 e. The number of para-hydroxylation sites is 2. The molecule has 6 heteroatoms. The highest BCUT2D eigenvalue weighted by Crippen LogP contribution is 2.13. The number of aromatic nitrogens is 2. The standard InChI is InChI=1S/C13H16N4O2/c1-17-11-6-3-2-5-10(11)16-12(17)13(19)15-8-4-7-14-9-18/h2-3,5-6,9H,4,7-8H2,1H3,(H,14,18)(H,15,19). The first-order valence-corrected chi connectivity index (χ1v) is 6.10. The molecule has 0 aliphatic heterocycles. The van der Waals surface area contributed by atoms with Crippen molar-refractivity contribution in [2.75, 3.05) is 13.1 Å². The van der Waals surface area contributed by atoms with Gasteiger partial charge in [0.1, 0.15) is 0 Å². The molecule has 0 saturated carbocycles.